The molecule has 1 amide bonds. The fraction of sp³-hybridized carbons (Fsp3) is 0.222. The first-order chi connectivity index (χ1) is 12.6. The van der Waals surface area contributed by atoms with Gasteiger partial charge in [0.25, 0.3) is 5.56 Å². The Morgan fingerprint density at radius 2 is 1.93 bits per heavy atom. The molecule has 0 saturated carbocycles. The first-order valence-corrected chi connectivity index (χ1v) is 8.30. The highest BCUT2D eigenvalue weighted by atomic mass is 35.5. The topological polar surface area (TPSA) is 62.0 Å². The van der Waals surface area contributed by atoms with Crippen LogP contribution in [-0.2, 0) is 11.0 Å². The number of halogens is 5. The maximum Gasteiger partial charge on any atom is 0.416 e. The summed E-state index contributed by atoms with van der Waals surface area (Å²) < 4.78 is 52.9. The van der Waals surface area contributed by atoms with E-state index in [1.54, 1.807) is 0 Å². The fourth-order valence-corrected chi connectivity index (χ4v) is 2.92. The van der Waals surface area contributed by atoms with Gasteiger partial charge >= 0.3 is 6.18 Å². The van der Waals surface area contributed by atoms with Crippen LogP contribution in [0.2, 0.25) is 5.02 Å². The summed E-state index contributed by atoms with van der Waals surface area (Å²) in [5.41, 5.74) is -1.56. The van der Waals surface area contributed by atoms with Gasteiger partial charge in [-0.05, 0) is 30.7 Å². The molecular formula is C18H13ClF4N2O2. The molecule has 9 heteroatoms. The average molecular weight is 401 g/mol. The van der Waals surface area contributed by atoms with Gasteiger partial charge in [0, 0.05) is 29.3 Å². The molecule has 142 valence electrons. The number of rotatable bonds is 3. The summed E-state index contributed by atoms with van der Waals surface area (Å²) >= 11 is 5.70. The van der Waals surface area contributed by atoms with Crippen LogP contribution in [-0.4, -0.2) is 16.9 Å². The van der Waals surface area contributed by atoms with Gasteiger partial charge in [-0.15, -0.1) is 0 Å². The van der Waals surface area contributed by atoms with E-state index in [9.17, 15) is 27.2 Å². The Kier molecular flexibility index (Phi) is 5.10. The quantitative estimate of drug-likeness (QED) is 0.768. The van der Waals surface area contributed by atoms with Crippen molar-refractivity contribution in [3.63, 3.8) is 0 Å². The molecular weight excluding hydrogens is 388 g/mol. The summed E-state index contributed by atoms with van der Waals surface area (Å²) in [4.78, 5) is 25.7. The van der Waals surface area contributed by atoms with Gasteiger partial charge in [-0.1, -0.05) is 23.7 Å². The predicted molar refractivity (Wildman–Crippen MR) is 91.7 cm³/mol. The lowest BCUT2D eigenvalue weighted by molar-refractivity contribution is -0.137. The molecule has 0 spiro atoms. The molecule has 27 heavy (non-hydrogen) atoms. The lowest BCUT2D eigenvalue weighted by Crippen LogP contribution is -2.23. The number of alkyl halides is 3. The molecule has 1 aliphatic heterocycles. The summed E-state index contributed by atoms with van der Waals surface area (Å²) in [5, 5.41) is 2.59. The number of nitrogens with one attached hydrogen (secondary N) is 2. The Hall–Kier alpha value is -2.61. The second-order valence-corrected chi connectivity index (χ2v) is 6.44. The van der Waals surface area contributed by atoms with Gasteiger partial charge < -0.3 is 10.3 Å². The molecule has 0 radical (unpaired) electrons. The highest BCUT2D eigenvalue weighted by Crippen LogP contribution is 2.33. The van der Waals surface area contributed by atoms with Crippen LogP contribution in [0.25, 0.3) is 5.57 Å². The van der Waals surface area contributed by atoms with Crippen LogP contribution < -0.4 is 10.9 Å². The van der Waals surface area contributed by atoms with E-state index in [-0.39, 0.29) is 34.2 Å². The van der Waals surface area contributed by atoms with Crippen molar-refractivity contribution < 1.29 is 22.4 Å². The third-order valence-corrected chi connectivity index (χ3v) is 4.43. The van der Waals surface area contributed by atoms with Gasteiger partial charge in [-0.25, -0.2) is 4.39 Å². The van der Waals surface area contributed by atoms with E-state index in [1.807, 2.05) is 0 Å². The molecule has 0 unspecified atom stereocenters. The average Bonchev–Trinajstić information content (AvgIpc) is 3.00. The van der Waals surface area contributed by atoms with E-state index in [4.69, 9.17) is 11.6 Å². The van der Waals surface area contributed by atoms with Crippen molar-refractivity contribution in [2.24, 2.45) is 0 Å². The summed E-state index contributed by atoms with van der Waals surface area (Å²) in [7, 11) is 0. The van der Waals surface area contributed by atoms with Crippen molar-refractivity contribution >= 4 is 23.1 Å². The molecule has 1 atom stereocenters. The van der Waals surface area contributed by atoms with E-state index in [0.717, 1.165) is 12.1 Å². The van der Waals surface area contributed by atoms with E-state index < -0.39 is 29.2 Å². The summed E-state index contributed by atoms with van der Waals surface area (Å²) in [5.74, 6) is -1.29. The number of amides is 1. The predicted octanol–water partition coefficient (Wildman–Crippen LogP) is 3.90. The van der Waals surface area contributed by atoms with Crippen LogP contribution in [0.3, 0.4) is 0 Å². The largest absolute Gasteiger partial charge is 0.416 e. The first kappa shape index (κ1) is 19.2. The lowest BCUT2D eigenvalue weighted by atomic mass is 9.97. The molecule has 1 aliphatic rings. The van der Waals surface area contributed by atoms with Crippen molar-refractivity contribution in [1.82, 2.24) is 10.3 Å². The highest BCUT2D eigenvalue weighted by molar-refractivity contribution is 6.30. The van der Waals surface area contributed by atoms with Gasteiger partial charge in [0.1, 0.15) is 10.8 Å². The molecule has 1 fully saturated rings. The van der Waals surface area contributed by atoms with Crippen LogP contribution in [0.1, 0.15) is 29.7 Å². The Morgan fingerprint density at radius 3 is 2.48 bits per heavy atom. The molecule has 1 aromatic carbocycles. The molecule has 0 bridgehead atoms. The molecule has 4 nitrogen and oxygen atoms in total. The zero-order valence-corrected chi connectivity index (χ0v) is 14.4. The van der Waals surface area contributed by atoms with Crippen molar-refractivity contribution in [3.05, 3.63) is 74.4 Å². The smallest absolute Gasteiger partial charge is 0.350 e. The van der Waals surface area contributed by atoms with E-state index in [0.29, 0.717) is 12.5 Å². The summed E-state index contributed by atoms with van der Waals surface area (Å²) in [6, 6.07) is 4.43. The maximum absolute atomic E-state index is 14.5. The molecule has 2 aromatic rings. The number of aromatic amines is 1. The van der Waals surface area contributed by atoms with Gasteiger partial charge in [-0.2, -0.15) is 13.2 Å². The number of aromatic nitrogens is 1. The molecule has 2 heterocycles. The Bertz CT molecular complexity index is 982. The zero-order chi connectivity index (χ0) is 19.8. The monoisotopic (exact) mass is 400 g/mol. The molecule has 1 aromatic heterocycles. The first-order valence-electron chi connectivity index (χ1n) is 7.92. The minimum atomic E-state index is -4.68. The Morgan fingerprint density at radius 1 is 1.19 bits per heavy atom. The minimum absolute atomic E-state index is 0.0832. The van der Waals surface area contributed by atoms with Gasteiger partial charge in [0.2, 0.25) is 5.91 Å². The molecule has 2 N–H and O–H groups in total. The molecule has 3 rings (SSSR count). The summed E-state index contributed by atoms with van der Waals surface area (Å²) in [6.45, 7) is 0. The van der Waals surface area contributed by atoms with Crippen molar-refractivity contribution in [3.8, 4) is 0 Å². The van der Waals surface area contributed by atoms with Crippen molar-refractivity contribution in [2.45, 2.75) is 25.1 Å². The number of carbonyl (C=O) groups excluding carboxylic acids is 1. The zero-order valence-electron chi connectivity index (χ0n) is 13.7. The molecule has 0 aliphatic carbocycles. The van der Waals surface area contributed by atoms with E-state index in [1.165, 1.54) is 18.2 Å². The van der Waals surface area contributed by atoms with Crippen LogP contribution >= 0.6 is 11.6 Å². The normalized spacial score (nSPS) is 17.9. The Labute approximate surface area is 155 Å². The highest BCUT2D eigenvalue weighted by Gasteiger charge is 2.31. The van der Waals surface area contributed by atoms with Crippen LogP contribution in [0.15, 0.2) is 41.2 Å². The van der Waals surface area contributed by atoms with Crippen molar-refractivity contribution in [2.75, 3.05) is 0 Å². The van der Waals surface area contributed by atoms with Gasteiger partial charge in [-0.3, -0.25) is 9.59 Å². The van der Waals surface area contributed by atoms with E-state index in [2.05, 4.69) is 10.3 Å². The number of hydrogen-bond donors (Lipinski definition) is 2. The second-order valence-electron chi connectivity index (χ2n) is 6.03. The minimum Gasteiger partial charge on any atom is -0.350 e. The molecule has 1 saturated heterocycles. The van der Waals surface area contributed by atoms with Crippen molar-refractivity contribution in [1.29, 1.82) is 0 Å². The Balaban J connectivity index is 2.12. The van der Waals surface area contributed by atoms with Crippen LogP contribution in [0.4, 0.5) is 17.6 Å². The fourth-order valence-electron chi connectivity index (χ4n) is 2.81. The number of pyridine rings is 1. The number of H-pyrrole nitrogens is 1. The third kappa shape index (κ3) is 4.21. The number of benzene rings is 1. The summed E-state index contributed by atoms with van der Waals surface area (Å²) in [6.07, 6.45) is -2.45. The van der Waals surface area contributed by atoms with Gasteiger partial charge in [0.15, 0.2) is 0 Å². The van der Waals surface area contributed by atoms with Crippen LogP contribution in [0, 0.1) is 5.82 Å². The standard InChI is InChI=1S/C18H13ClF4N2O2/c19-13-4-5-15(25-17(13)27)12(8-10-2-6-16(26)24-10)11-3-1-9(7-14(11)20)18(21,22)23/h1,3-5,7-8,10H,2,6H2,(H,24,26)(H,25,27)/b12-8+/t10-/m1/s1. The maximum atomic E-state index is 14.5. The second kappa shape index (κ2) is 7.19. The number of carbonyl (C=O) groups is 1. The van der Waals surface area contributed by atoms with Gasteiger partial charge in [0.05, 0.1) is 5.56 Å². The van der Waals surface area contributed by atoms with Crippen LogP contribution in [0.5, 0.6) is 0 Å². The third-order valence-electron chi connectivity index (χ3n) is 4.13. The lowest BCUT2D eigenvalue weighted by Gasteiger charge is -2.14. The van der Waals surface area contributed by atoms with E-state index >= 15 is 0 Å². The SMILES string of the molecule is O=C1CC[C@H](/C=C(/c2ccc(Cl)c(=O)[nH]2)c2ccc(C(F)(F)F)cc2F)N1. The number of hydrogen-bond acceptors (Lipinski definition) is 2.